The highest BCUT2D eigenvalue weighted by atomic mass is 16.1. The lowest BCUT2D eigenvalue weighted by molar-refractivity contribution is 0.0958. The molecule has 68 valence electrons. The summed E-state index contributed by atoms with van der Waals surface area (Å²) in [4.78, 5) is 11.3. The second-order valence-corrected chi connectivity index (χ2v) is 2.75. The van der Waals surface area contributed by atoms with Gasteiger partial charge in [0.15, 0.2) is 0 Å². The summed E-state index contributed by atoms with van der Waals surface area (Å²) in [6.45, 7) is 2.25. The SMILES string of the molecule is C#CCNC(=O)c1ccc(C)cc1.[HH]. The van der Waals surface area contributed by atoms with E-state index in [2.05, 4.69) is 11.2 Å². The zero-order chi connectivity index (χ0) is 9.68. The fourth-order valence-electron chi connectivity index (χ4n) is 0.938. The van der Waals surface area contributed by atoms with Gasteiger partial charge in [-0.05, 0) is 19.1 Å². The average molecular weight is 175 g/mol. The minimum absolute atomic E-state index is 0. The summed E-state index contributed by atoms with van der Waals surface area (Å²) in [7, 11) is 0. The summed E-state index contributed by atoms with van der Waals surface area (Å²) in [5, 5.41) is 2.59. The Kier molecular flexibility index (Phi) is 3.10. The Labute approximate surface area is 79.5 Å². The molecule has 0 aliphatic carbocycles. The van der Waals surface area contributed by atoms with Crippen LogP contribution in [0.1, 0.15) is 17.3 Å². The molecule has 0 atom stereocenters. The molecule has 0 saturated heterocycles. The fourth-order valence-corrected chi connectivity index (χ4v) is 0.938. The summed E-state index contributed by atoms with van der Waals surface area (Å²) in [6, 6.07) is 7.35. The molecular weight excluding hydrogens is 162 g/mol. The normalized spacial score (nSPS) is 8.92. The molecular formula is C11H13NO. The van der Waals surface area contributed by atoms with Crippen molar-refractivity contribution >= 4 is 5.91 Å². The van der Waals surface area contributed by atoms with Gasteiger partial charge in [0, 0.05) is 6.99 Å². The third-order valence-corrected chi connectivity index (χ3v) is 1.66. The highest BCUT2D eigenvalue weighted by Gasteiger charge is 2.01. The summed E-state index contributed by atoms with van der Waals surface area (Å²) < 4.78 is 0. The van der Waals surface area contributed by atoms with Gasteiger partial charge in [0.05, 0.1) is 6.54 Å². The Morgan fingerprint density at radius 2 is 2.15 bits per heavy atom. The summed E-state index contributed by atoms with van der Waals surface area (Å²) >= 11 is 0. The van der Waals surface area contributed by atoms with Gasteiger partial charge < -0.3 is 5.32 Å². The van der Waals surface area contributed by atoms with Gasteiger partial charge in [-0.1, -0.05) is 23.6 Å². The number of hydrogen-bond donors (Lipinski definition) is 1. The van der Waals surface area contributed by atoms with E-state index in [9.17, 15) is 4.79 Å². The van der Waals surface area contributed by atoms with E-state index < -0.39 is 0 Å². The molecule has 0 heterocycles. The van der Waals surface area contributed by atoms with Crippen LogP contribution in [0.25, 0.3) is 0 Å². The maximum absolute atomic E-state index is 11.3. The van der Waals surface area contributed by atoms with Crippen LogP contribution in [-0.2, 0) is 0 Å². The van der Waals surface area contributed by atoms with Crippen LogP contribution in [0.15, 0.2) is 24.3 Å². The first-order valence-corrected chi connectivity index (χ1v) is 4.02. The van der Waals surface area contributed by atoms with Crippen LogP contribution in [0.3, 0.4) is 0 Å². The number of amides is 1. The largest absolute Gasteiger partial charge is 0.341 e. The molecule has 1 N–H and O–H groups in total. The fraction of sp³-hybridized carbons (Fsp3) is 0.182. The molecule has 0 unspecified atom stereocenters. The molecule has 0 aliphatic heterocycles. The zero-order valence-electron chi connectivity index (χ0n) is 7.50. The first-order valence-electron chi connectivity index (χ1n) is 4.02. The van der Waals surface area contributed by atoms with Crippen molar-refractivity contribution in [2.75, 3.05) is 6.54 Å². The van der Waals surface area contributed by atoms with Crippen LogP contribution in [0.2, 0.25) is 0 Å². The standard InChI is InChI=1S/C11H11NO.H2/c1-3-8-12-11(13)10-6-4-9(2)5-7-10;/h1,4-7H,8H2,2H3,(H,12,13);1H. The quantitative estimate of drug-likeness (QED) is 0.680. The molecule has 0 aliphatic rings. The first-order chi connectivity index (χ1) is 6.24. The summed E-state index contributed by atoms with van der Waals surface area (Å²) in [5.41, 5.74) is 1.77. The third kappa shape index (κ3) is 2.64. The van der Waals surface area contributed by atoms with Crippen LogP contribution in [0, 0.1) is 19.3 Å². The van der Waals surface area contributed by atoms with E-state index in [0.717, 1.165) is 5.56 Å². The average Bonchev–Trinajstić information content (AvgIpc) is 2.15. The number of benzene rings is 1. The minimum Gasteiger partial charge on any atom is -0.341 e. The molecule has 1 aromatic carbocycles. The number of hydrogen-bond acceptors (Lipinski definition) is 1. The topological polar surface area (TPSA) is 29.1 Å². The predicted octanol–water partition coefficient (Wildman–Crippen LogP) is 1.60. The number of carbonyl (C=O) groups excluding carboxylic acids is 1. The van der Waals surface area contributed by atoms with Crippen molar-refractivity contribution < 1.29 is 6.22 Å². The molecule has 0 saturated carbocycles. The minimum atomic E-state index is -0.127. The maximum atomic E-state index is 11.3. The van der Waals surface area contributed by atoms with Crippen molar-refractivity contribution in [2.24, 2.45) is 0 Å². The molecule has 0 fully saturated rings. The van der Waals surface area contributed by atoms with Crippen molar-refractivity contribution in [3.63, 3.8) is 0 Å². The van der Waals surface area contributed by atoms with Crippen molar-refractivity contribution in [1.29, 1.82) is 0 Å². The monoisotopic (exact) mass is 175 g/mol. The van der Waals surface area contributed by atoms with E-state index in [0.29, 0.717) is 5.56 Å². The Hall–Kier alpha value is -1.75. The van der Waals surface area contributed by atoms with Crippen LogP contribution in [0.4, 0.5) is 0 Å². The molecule has 1 amide bonds. The molecule has 0 spiro atoms. The van der Waals surface area contributed by atoms with Gasteiger partial charge >= 0.3 is 0 Å². The molecule has 0 bridgehead atoms. The molecule has 2 heteroatoms. The van der Waals surface area contributed by atoms with Gasteiger partial charge in [0.25, 0.3) is 5.91 Å². The van der Waals surface area contributed by atoms with Gasteiger partial charge in [-0.2, -0.15) is 0 Å². The lowest BCUT2D eigenvalue weighted by Gasteiger charge is -2.01. The van der Waals surface area contributed by atoms with Crippen molar-refractivity contribution in [2.45, 2.75) is 6.92 Å². The van der Waals surface area contributed by atoms with Gasteiger partial charge in [-0.15, -0.1) is 6.42 Å². The zero-order valence-corrected chi connectivity index (χ0v) is 7.50. The Morgan fingerprint density at radius 1 is 1.54 bits per heavy atom. The van der Waals surface area contributed by atoms with E-state index in [1.165, 1.54) is 0 Å². The van der Waals surface area contributed by atoms with E-state index in [-0.39, 0.29) is 13.9 Å². The number of carbonyl (C=O) groups is 1. The van der Waals surface area contributed by atoms with Crippen LogP contribution < -0.4 is 5.32 Å². The highest BCUT2D eigenvalue weighted by molar-refractivity contribution is 5.94. The van der Waals surface area contributed by atoms with Gasteiger partial charge in [0.2, 0.25) is 0 Å². The second-order valence-electron chi connectivity index (χ2n) is 2.75. The maximum Gasteiger partial charge on any atom is 0.252 e. The molecule has 2 nitrogen and oxygen atoms in total. The van der Waals surface area contributed by atoms with Crippen molar-refractivity contribution in [3.8, 4) is 12.3 Å². The lowest BCUT2D eigenvalue weighted by atomic mass is 10.1. The predicted molar refractivity (Wildman–Crippen MR) is 54.5 cm³/mol. The Balaban J connectivity index is 0.00000169. The van der Waals surface area contributed by atoms with Crippen LogP contribution >= 0.6 is 0 Å². The van der Waals surface area contributed by atoms with Crippen LogP contribution in [-0.4, -0.2) is 12.5 Å². The first kappa shape index (κ1) is 9.34. The number of aryl methyl sites for hydroxylation is 1. The van der Waals surface area contributed by atoms with Gasteiger partial charge in [-0.25, -0.2) is 0 Å². The number of terminal acetylenes is 1. The van der Waals surface area contributed by atoms with E-state index in [1.54, 1.807) is 12.1 Å². The van der Waals surface area contributed by atoms with Crippen LogP contribution in [0.5, 0.6) is 0 Å². The summed E-state index contributed by atoms with van der Waals surface area (Å²) in [6.07, 6.45) is 5.01. The Bertz CT molecular complexity index is 337. The van der Waals surface area contributed by atoms with Crippen molar-refractivity contribution in [1.82, 2.24) is 5.32 Å². The summed E-state index contributed by atoms with van der Waals surface area (Å²) in [5.74, 6) is 2.22. The molecule has 1 aromatic rings. The number of nitrogens with one attached hydrogen (secondary N) is 1. The smallest absolute Gasteiger partial charge is 0.252 e. The molecule has 0 radical (unpaired) electrons. The van der Waals surface area contributed by atoms with E-state index >= 15 is 0 Å². The van der Waals surface area contributed by atoms with Crippen molar-refractivity contribution in [3.05, 3.63) is 35.4 Å². The lowest BCUT2D eigenvalue weighted by Crippen LogP contribution is -2.23. The van der Waals surface area contributed by atoms with E-state index in [4.69, 9.17) is 6.42 Å². The van der Waals surface area contributed by atoms with Gasteiger partial charge in [0.1, 0.15) is 0 Å². The third-order valence-electron chi connectivity index (χ3n) is 1.66. The number of rotatable bonds is 2. The second kappa shape index (κ2) is 4.32. The Morgan fingerprint density at radius 3 is 2.69 bits per heavy atom. The van der Waals surface area contributed by atoms with Gasteiger partial charge in [-0.3, -0.25) is 4.79 Å². The van der Waals surface area contributed by atoms with E-state index in [1.807, 2.05) is 19.1 Å². The molecule has 13 heavy (non-hydrogen) atoms. The molecule has 0 aromatic heterocycles. The highest BCUT2D eigenvalue weighted by Crippen LogP contribution is 2.02. The molecule has 1 rings (SSSR count).